The van der Waals surface area contributed by atoms with Gasteiger partial charge in [-0.15, -0.1) is 0 Å². The molecule has 112 valence electrons. The van der Waals surface area contributed by atoms with Crippen LogP contribution in [0.4, 0.5) is 8.78 Å². The summed E-state index contributed by atoms with van der Waals surface area (Å²) in [5.41, 5.74) is -0.0211. The second kappa shape index (κ2) is 5.63. The van der Waals surface area contributed by atoms with Gasteiger partial charge >= 0.3 is 5.97 Å². The topological polar surface area (TPSA) is 63.3 Å². The highest BCUT2D eigenvalue weighted by Crippen LogP contribution is 2.29. The van der Waals surface area contributed by atoms with Crippen LogP contribution in [-0.2, 0) is 6.42 Å². The van der Waals surface area contributed by atoms with Crippen molar-refractivity contribution in [3.63, 3.8) is 0 Å². The van der Waals surface area contributed by atoms with E-state index in [4.69, 9.17) is 9.52 Å². The van der Waals surface area contributed by atoms with E-state index in [0.29, 0.717) is 6.42 Å². The van der Waals surface area contributed by atoms with Gasteiger partial charge in [-0.3, -0.25) is 0 Å². The molecule has 1 aromatic heterocycles. The van der Waals surface area contributed by atoms with Crippen molar-refractivity contribution in [3.05, 3.63) is 40.8 Å². The number of carbonyl (C=O) groups is 1. The molecule has 0 saturated carbocycles. The largest absolute Gasteiger partial charge is 0.475 e. The Bertz CT molecular complexity index is 692. The van der Waals surface area contributed by atoms with Crippen molar-refractivity contribution in [1.82, 2.24) is 4.98 Å². The number of aromatic carboxylic acids is 1. The van der Waals surface area contributed by atoms with Crippen LogP contribution in [-0.4, -0.2) is 16.1 Å². The highest BCUT2D eigenvalue weighted by atomic mass is 19.1. The quantitative estimate of drug-likeness (QED) is 0.931. The monoisotopic (exact) mass is 295 g/mol. The molecule has 0 amide bonds. The first-order valence-corrected chi connectivity index (χ1v) is 6.49. The van der Waals surface area contributed by atoms with Gasteiger partial charge in [0, 0.05) is 0 Å². The molecule has 1 aromatic carbocycles. The van der Waals surface area contributed by atoms with Gasteiger partial charge in [-0.25, -0.2) is 18.6 Å². The molecule has 0 fully saturated rings. The molecule has 2 aromatic rings. The molecule has 1 N–H and O–H groups in total. The SMILES string of the molecule is Cc1ccc(F)c(-c2nc(CC(C)C)c(C(=O)O)o2)c1F. The fourth-order valence-corrected chi connectivity index (χ4v) is 2.00. The zero-order valence-corrected chi connectivity index (χ0v) is 11.9. The lowest BCUT2D eigenvalue weighted by molar-refractivity contribution is 0.0661. The summed E-state index contributed by atoms with van der Waals surface area (Å²) in [6, 6.07) is 2.39. The maximum Gasteiger partial charge on any atom is 0.373 e. The average molecular weight is 295 g/mol. The van der Waals surface area contributed by atoms with Gasteiger partial charge < -0.3 is 9.52 Å². The van der Waals surface area contributed by atoms with E-state index in [2.05, 4.69) is 4.98 Å². The minimum atomic E-state index is -1.31. The van der Waals surface area contributed by atoms with Gasteiger partial charge in [-0.2, -0.15) is 0 Å². The number of benzene rings is 1. The molecule has 0 unspecified atom stereocenters. The molecule has 0 spiro atoms. The van der Waals surface area contributed by atoms with Crippen LogP contribution < -0.4 is 0 Å². The second-order valence-electron chi connectivity index (χ2n) is 5.25. The average Bonchev–Trinajstić information content (AvgIpc) is 2.77. The molecule has 4 nitrogen and oxygen atoms in total. The number of carboxylic acids is 1. The third-order valence-electron chi connectivity index (χ3n) is 2.99. The molecule has 0 aliphatic heterocycles. The Balaban J connectivity index is 2.61. The zero-order chi connectivity index (χ0) is 15.7. The van der Waals surface area contributed by atoms with Crippen molar-refractivity contribution in [3.8, 4) is 11.5 Å². The maximum absolute atomic E-state index is 14.1. The predicted octanol–water partition coefficient (Wildman–Crippen LogP) is 3.82. The van der Waals surface area contributed by atoms with Crippen LogP contribution in [0.3, 0.4) is 0 Å². The van der Waals surface area contributed by atoms with Crippen LogP contribution in [0, 0.1) is 24.5 Å². The van der Waals surface area contributed by atoms with Gasteiger partial charge in [0.05, 0.1) is 5.69 Å². The number of hydrogen-bond acceptors (Lipinski definition) is 3. The number of aromatic nitrogens is 1. The highest BCUT2D eigenvalue weighted by Gasteiger charge is 2.25. The zero-order valence-electron chi connectivity index (χ0n) is 11.9. The fourth-order valence-electron chi connectivity index (χ4n) is 2.00. The van der Waals surface area contributed by atoms with E-state index >= 15 is 0 Å². The number of oxazole rings is 1. The van der Waals surface area contributed by atoms with Gasteiger partial charge in [0.2, 0.25) is 11.7 Å². The summed E-state index contributed by atoms with van der Waals surface area (Å²) in [5.74, 6) is -3.54. The van der Waals surface area contributed by atoms with E-state index in [1.165, 1.54) is 13.0 Å². The first-order valence-electron chi connectivity index (χ1n) is 6.49. The Morgan fingerprint density at radius 3 is 2.62 bits per heavy atom. The molecular formula is C15H15F2NO3. The molecule has 1 heterocycles. The first kappa shape index (κ1) is 15.2. The van der Waals surface area contributed by atoms with Gasteiger partial charge in [-0.05, 0) is 30.9 Å². The number of halogens is 2. The van der Waals surface area contributed by atoms with E-state index in [1.54, 1.807) is 0 Å². The van der Waals surface area contributed by atoms with E-state index in [1.807, 2.05) is 13.8 Å². The summed E-state index contributed by atoms with van der Waals surface area (Å²) in [6.07, 6.45) is 0.347. The summed E-state index contributed by atoms with van der Waals surface area (Å²) >= 11 is 0. The van der Waals surface area contributed by atoms with Gasteiger partial charge in [-0.1, -0.05) is 19.9 Å². The summed E-state index contributed by atoms with van der Waals surface area (Å²) in [4.78, 5) is 15.1. The van der Waals surface area contributed by atoms with Crippen LogP contribution in [0.15, 0.2) is 16.5 Å². The normalized spacial score (nSPS) is 11.1. The standard InChI is InChI=1S/C15H15F2NO3/c1-7(2)6-10-13(15(19)20)21-14(18-10)11-9(16)5-4-8(3)12(11)17/h4-5,7H,6H2,1-3H3,(H,19,20). The number of hydrogen-bond donors (Lipinski definition) is 1. The molecule has 6 heteroatoms. The van der Waals surface area contributed by atoms with Crippen molar-refractivity contribution >= 4 is 5.97 Å². The highest BCUT2D eigenvalue weighted by molar-refractivity contribution is 5.86. The summed E-state index contributed by atoms with van der Waals surface area (Å²) in [6.45, 7) is 5.25. The van der Waals surface area contributed by atoms with Gasteiger partial charge in [0.25, 0.3) is 0 Å². The Morgan fingerprint density at radius 1 is 1.38 bits per heavy atom. The summed E-state index contributed by atoms with van der Waals surface area (Å²) < 4.78 is 33.0. The first-order chi connectivity index (χ1) is 9.81. The molecule has 0 saturated heterocycles. The number of aryl methyl sites for hydroxylation is 1. The van der Waals surface area contributed by atoms with Crippen LogP contribution in [0.1, 0.15) is 35.7 Å². The fraction of sp³-hybridized carbons (Fsp3) is 0.333. The van der Waals surface area contributed by atoms with Crippen molar-refractivity contribution in [2.24, 2.45) is 5.92 Å². The Hall–Kier alpha value is -2.24. The van der Waals surface area contributed by atoms with Gasteiger partial charge in [0.1, 0.15) is 17.2 Å². The molecule has 0 bridgehead atoms. The van der Waals surface area contributed by atoms with Crippen molar-refractivity contribution in [1.29, 1.82) is 0 Å². The minimum absolute atomic E-state index is 0.133. The number of nitrogens with zero attached hydrogens (tertiary/aromatic N) is 1. The lowest BCUT2D eigenvalue weighted by atomic mass is 10.1. The van der Waals surface area contributed by atoms with E-state index in [-0.39, 0.29) is 28.8 Å². The van der Waals surface area contributed by atoms with E-state index < -0.39 is 23.2 Å². The van der Waals surface area contributed by atoms with Crippen LogP contribution in [0.2, 0.25) is 0 Å². The third kappa shape index (κ3) is 2.94. The lowest BCUT2D eigenvalue weighted by Crippen LogP contribution is -2.03. The molecule has 21 heavy (non-hydrogen) atoms. The number of rotatable bonds is 4. The minimum Gasteiger partial charge on any atom is -0.475 e. The second-order valence-corrected chi connectivity index (χ2v) is 5.25. The Labute approximate surface area is 120 Å². The number of carboxylic acid groups (broad SMARTS) is 1. The molecule has 0 aliphatic rings. The summed E-state index contributed by atoms with van der Waals surface area (Å²) in [7, 11) is 0. The van der Waals surface area contributed by atoms with E-state index in [0.717, 1.165) is 6.07 Å². The Kier molecular flexibility index (Phi) is 4.06. The molecule has 0 atom stereocenters. The smallest absolute Gasteiger partial charge is 0.373 e. The van der Waals surface area contributed by atoms with Crippen LogP contribution >= 0.6 is 0 Å². The predicted molar refractivity (Wildman–Crippen MR) is 72.1 cm³/mol. The van der Waals surface area contributed by atoms with E-state index in [9.17, 15) is 13.6 Å². The maximum atomic E-state index is 14.1. The van der Waals surface area contributed by atoms with Crippen molar-refractivity contribution < 1.29 is 23.1 Å². The van der Waals surface area contributed by atoms with Crippen LogP contribution in [0.5, 0.6) is 0 Å². The van der Waals surface area contributed by atoms with Gasteiger partial charge in [0.15, 0.2) is 0 Å². The molecule has 0 aliphatic carbocycles. The van der Waals surface area contributed by atoms with Crippen molar-refractivity contribution in [2.45, 2.75) is 27.2 Å². The molecular weight excluding hydrogens is 280 g/mol. The van der Waals surface area contributed by atoms with Crippen molar-refractivity contribution in [2.75, 3.05) is 0 Å². The summed E-state index contributed by atoms with van der Waals surface area (Å²) in [5, 5.41) is 9.11. The Morgan fingerprint density at radius 2 is 2.05 bits per heavy atom. The molecule has 2 rings (SSSR count). The molecule has 0 radical (unpaired) electrons. The lowest BCUT2D eigenvalue weighted by Gasteiger charge is -2.03. The third-order valence-corrected chi connectivity index (χ3v) is 2.99. The van der Waals surface area contributed by atoms with Crippen LogP contribution in [0.25, 0.3) is 11.5 Å².